The van der Waals surface area contributed by atoms with Gasteiger partial charge in [-0.15, -0.1) is 0 Å². The number of hydrogen-bond acceptors (Lipinski definition) is 4. The number of benzene rings is 2. The zero-order valence-electron chi connectivity index (χ0n) is 17.4. The number of nitrogens with one attached hydrogen (secondary N) is 1. The van der Waals surface area contributed by atoms with E-state index in [1.807, 2.05) is 50.5 Å². The predicted octanol–water partition coefficient (Wildman–Crippen LogP) is 5.04. The molecule has 0 aliphatic rings. The third kappa shape index (κ3) is 5.06. The highest BCUT2D eigenvalue weighted by atomic mass is 35.5. The molecule has 0 amide bonds. The number of rotatable bonds is 4. The fraction of sp³-hybridized carbons (Fsp3) is 0.120. The molecule has 3 N–H and O–H groups in total. The number of pyridine rings is 1. The van der Waals surface area contributed by atoms with E-state index in [1.54, 1.807) is 17.1 Å². The topological polar surface area (TPSA) is 68.8 Å². The molecule has 0 fully saturated rings. The monoisotopic (exact) mass is 427 g/mol. The van der Waals surface area contributed by atoms with Crippen LogP contribution in [0.25, 0.3) is 11.1 Å². The van der Waals surface area contributed by atoms with Crippen LogP contribution < -0.4 is 11.1 Å². The summed E-state index contributed by atoms with van der Waals surface area (Å²) in [6.45, 7) is 2.74. The molecule has 2 aromatic carbocycles. The highest BCUT2D eigenvalue weighted by Crippen LogP contribution is 2.21. The maximum absolute atomic E-state index is 6.07. The second kappa shape index (κ2) is 8.95. The van der Waals surface area contributed by atoms with Crippen molar-refractivity contribution in [3.63, 3.8) is 0 Å². The zero-order valence-corrected chi connectivity index (χ0v) is 18.1. The molecular weight excluding hydrogens is 406 g/mol. The number of anilines is 2. The van der Waals surface area contributed by atoms with Gasteiger partial charge in [-0.1, -0.05) is 35.6 Å². The molecule has 5 nitrogen and oxygen atoms in total. The molecule has 0 aliphatic carbocycles. The van der Waals surface area contributed by atoms with Crippen molar-refractivity contribution < 1.29 is 0 Å². The summed E-state index contributed by atoms with van der Waals surface area (Å²) >= 11 is 5.95. The molecule has 2 heterocycles. The van der Waals surface area contributed by atoms with Crippen LogP contribution >= 0.6 is 11.6 Å². The van der Waals surface area contributed by atoms with Gasteiger partial charge in [-0.05, 0) is 54.4 Å². The summed E-state index contributed by atoms with van der Waals surface area (Å²) in [5.74, 6) is 6.87. The Morgan fingerprint density at radius 1 is 1.00 bits per heavy atom. The Balaban J connectivity index is 1.56. The second-order valence-electron chi connectivity index (χ2n) is 7.32. The van der Waals surface area contributed by atoms with Gasteiger partial charge in [-0.3, -0.25) is 4.68 Å². The molecule has 0 aliphatic heterocycles. The Kier molecular flexibility index (Phi) is 5.92. The van der Waals surface area contributed by atoms with Gasteiger partial charge in [0.2, 0.25) is 0 Å². The average molecular weight is 428 g/mol. The van der Waals surface area contributed by atoms with Crippen LogP contribution in [0.3, 0.4) is 0 Å². The van der Waals surface area contributed by atoms with E-state index in [4.69, 9.17) is 17.3 Å². The predicted molar refractivity (Wildman–Crippen MR) is 127 cm³/mol. The minimum atomic E-state index is 0.415. The Bertz CT molecular complexity index is 1280. The SMILES string of the molecule is Cc1ccc(CNc2ccc(Cl)cc2)cc1C#Cc1cc(-c2cnn(C)c2)cnc1N. The molecule has 2 aromatic heterocycles. The summed E-state index contributed by atoms with van der Waals surface area (Å²) in [4.78, 5) is 4.30. The molecule has 0 saturated carbocycles. The second-order valence-corrected chi connectivity index (χ2v) is 7.76. The van der Waals surface area contributed by atoms with Crippen molar-refractivity contribution in [2.45, 2.75) is 13.5 Å². The van der Waals surface area contributed by atoms with Gasteiger partial charge < -0.3 is 11.1 Å². The number of nitrogens with zero attached hydrogens (tertiary/aromatic N) is 3. The summed E-state index contributed by atoms with van der Waals surface area (Å²) in [5, 5.41) is 8.34. The van der Waals surface area contributed by atoms with Crippen molar-refractivity contribution in [2.75, 3.05) is 11.1 Å². The molecule has 4 rings (SSSR count). The molecule has 0 saturated heterocycles. The van der Waals surface area contributed by atoms with Crippen molar-refractivity contribution in [1.82, 2.24) is 14.8 Å². The van der Waals surface area contributed by atoms with E-state index in [1.165, 1.54) is 0 Å². The van der Waals surface area contributed by atoms with Crippen LogP contribution in [0.15, 0.2) is 67.1 Å². The molecule has 0 atom stereocenters. The van der Waals surface area contributed by atoms with Crippen LogP contribution in [0.4, 0.5) is 11.5 Å². The van der Waals surface area contributed by atoms with Crippen LogP contribution in [0.1, 0.15) is 22.3 Å². The van der Waals surface area contributed by atoms with Crippen molar-refractivity contribution >= 4 is 23.1 Å². The van der Waals surface area contributed by atoms with E-state index in [-0.39, 0.29) is 0 Å². The van der Waals surface area contributed by atoms with Crippen LogP contribution in [0, 0.1) is 18.8 Å². The molecule has 0 radical (unpaired) electrons. The standard InChI is InChI=1S/C25H22ClN5/c1-17-3-4-18(13-28-24-9-7-23(26)8-10-24)11-19(17)5-6-20-12-21(14-29-25(20)27)22-15-30-31(2)16-22/h3-4,7-12,14-16,28H,13H2,1-2H3,(H2,27,29). The van der Waals surface area contributed by atoms with Crippen molar-refractivity contribution in [2.24, 2.45) is 7.05 Å². The largest absolute Gasteiger partial charge is 0.383 e. The van der Waals surface area contributed by atoms with E-state index in [2.05, 4.69) is 45.4 Å². The molecule has 0 bridgehead atoms. The third-order valence-corrected chi connectivity index (χ3v) is 5.18. The van der Waals surface area contributed by atoms with Gasteiger partial charge in [0.25, 0.3) is 0 Å². The summed E-state index contributed by atoms with van der Waals surface area (Å²) < 4.78 is 1.75. The molecule has 154 valence electrons. The zero-order chi connectivity index (χ0) is 21.8. The number of aromatic nitrogens is 3. The number of halogens is 1. The molecule has 31 heavy (non-hydrogen) atoms. The average Bonchev–Trinajstić information content (AvgIpc) is 3.20. The lowest BCUT2D eigenvalue weighted by atomic mass is 10.0. The van der Waals surface area contributed by atoms with E-state index >= 15 is 0 Å². The number of nitrogens with two attached hydrogens (primary N) is 1. The molecule has 0 spiro atoms. The minimum Gasteiger partial charge on any atom is -0.383 e. The normalized spacial score (nSPS) is 10.4. The quantitative estimate of drug-likeness (QED) is 0.448. The highest BCUT2D eigenvalue weighted by molar-refractivity contribution is 6.30. The first-order chi connectivity index (χ1) is 15.0. The number of aryl methyl sites for hydroxylation is 2. The Morgan fingerprint density at radius 3 is 2.52 bits per heavy atom. The van der Waals surface area contributed by atoms with E-state index < -0.39 is 0 Å². The maximum atomic E-state index is 6.07. The van der Waals surface area contributed by atoms with E-state index in [0.717, 1.165) is 38.5 Å². The van der Waals surface area contributed by atoms with Crippen LogP contribution in [-0.4, -0.2) is 14.8 Å². The first kappa shape index (κ1) is 20.5. The van der Waals surface area contributed by atoms with Gasteiger partial charge in [-0.2, -0.15) is 5.10 Å². The van der Waals surface area contributed by atoms with Gasteiger partial charge in [0.1, 0.15) is 5.82 Å². The first-order valence-electron chi connectivity index (χ1n) is 9.83. The third-order valence-electron chi connectivity index (χ3n) is 4.93. The van der Waals surface area contributed by atoms with Crippen LogP contribution in [-0.2, 0) is 13.6 Å². The Labute approximate surface area is 186 Å². The summed E-state index contributed by atoms with van der Waals surface area (Å²) in [6, 6.07) is 15.9. The summed E-state index contributed by atoms with van der Waals surface area (Å²) in [6.07, 6.45) is 5.48. The smallest absolute Gasteiger partial charge is 0.139 e. The first-order valence-corrected chi connectivity index (χ1v) is 10.2. The fourth-order valence-electron chi connectivity index (χ4n) is 3.12. The number of hydrogen-bond donors (Lipinski definition) is 2. The van der Waals surface area contributed by atoms with Gasteiger partial charge >= 0.3 is 0 Å². The van der Waals surface area contributed by atoms with Gasteiger partial charge in [-0.25, -0.2) is 4.98 Å². The minimum absolute atomic E-state index is 0.415. The molecule has 6 heteroatoms. The maximum Gasteiger partial charge on any atom is 0.139 e. The van der Waals surface area contributed by atoms with Crippen LogP contribution in [0.2, 0.25) is 5.02 Å². The van der Waals surface area contributed by atoms with Gasteiger partial charge in [0, 0.05) is 53.4 Å². The summed E-state index contributed by atoms with van der Waals surface area (Å²) in [5.41, 5.74) is 12.9. The molecular formula is C25H22ClN5. The van der Waals surface area contributed by atoms with Gasteiger partial charge in [0.05, 0.1) is 11.8 Å². The lowest BCUT2D eigenvalue weighted by molar-refractivity contribution is 0.768. The fourth-order valence-corrected chi connectivity index (χ4v) is 3.25. The van der Waals surface area contributed by atoms with E-state index in [0.29, 0.717) is 17.9 Å². The molecule has 0 unspecified atom stereocenters. The molecule has 4 aromatic rings. The van der Waals surface area contributed by atoms with Crippen LogP contribution in [0.5, 0.6) is 0 Å². The lowest BCUT2D eigenvalue weighted by Crippen LogP contribution is -2.00. The van der Waals surface area contributed by atoms with Crippen molar-refractivity contribution in [3.05, 3.63) is 94.4 Å². The van der Waals surface area contributed by atoms with E-state index in [9.17, 15) is 0 Å². The number of nitrogen functional groups attached to an aromatic ring is 1. The highest BCUT2D eigenvalue weighted by Gasteiger charge is 2.05. The Hall–Kier alpha value is -3.75. The summed E-state index contributed by atoms with van der Waals surface area (Å²) in [7, 11) is 1.88. The Morgan fingerprint density at radius 2 is 1.77 bits per heavy atom. The van der Waals surface area contributed by atoms with Crippen molar-refractivity contribution in [3.8, 4) is 23.0 Å². The van der Waals surface area contributed by atoms with Crippen molar-refractivity contribution in [1.29, 1.82) is 0 Å². The lowest BCUT2D eigenvalue weighted by Gasteiger charge is -2.08. The van der Waals surface area contributed by atoms with Gasteiger partial charge in [0.15, 0.2) is 0 Å².